The van der Waals surface area contributed by atoms with Crippen LogP contribution in [0.2, 0.25) is 5.02 Å². The van der Waals surface area contributed by atoms with Crippen LogP contribution in [0.3, 0.4) is 0 Å². The molecule has 2 aromatic carbocycles. The monoisotopic (exact) mass is 441 g/mol. The van der Waals surface area contributed by atoms with E-state index in [0.717, 1.165) is 38.9 Å². The normalized spacial score (nSPS) is 11.1. The summed E-state index contributed by atoms with van der Waals surface area (Å²) < 4.78 is 7.39. The van der Waals surface area contributed by atoms with Crippen molar-refractivity contribution in [3.63, 3.8) is 0 Å². The lowest BCUT2D eigenvalue weighted by Gasteiger charge is -2.10. The van der Waals surface area contributed by atoms with E-state index in [-0.39, 0.29) is 12.5 Å². The average Bonchev–Trinajstić information content (AvgIpc) is 3.31. The Hall–Kier alpha value is -2.97. The van der Waals surface area contributed by atoms with E-state index >= 15 is 0 Å². The van der Waals surface area contributed by atoms with E-state index < -0.39 is 0 Å². The molecular weight excluding hydrogens is 422 g/mol. The van der Waals surface area contributed by atoms with Crippen LogP contribution >= 0.6 is 22.9 Å². The second-order valence-electron chi connectivity index (χ2n) is 6.86. The summed E-state index contributed by atoms with van der Waals surface area (Å²) in [6.45, 7) is 5.73. The zero-order chi connectivity index (χ0) is 21.3. The maximum Gasteiger partial charge on any atom is 0.262 e. The van der Waals surface area contributed by atoms with Gasteiger partial charge in [-0.3, -0.25) is 4.79 Å². The molecule has 0 unspecified atom stereocenters. The second-order valence-corrected chi connectivity index (χ2v) is 8.19. The molecule has 0 atom stereocenters. The highest BCUT2D eigenvalue weighted by Gasteiger charge is 2.13. The topological polar surface area (TPSA) is 81.4 Å². The number of anilines is 1. The van der Waals surface area contributed by atoms with Gasteiger partial charge in [0, 0.05) is 22.7 Å². The summed E-state index contributed by atoms with van der Waals surface area (Å²) in [5, 5.41) is 17.2. The first kappa shape index (κ1) is 20.3. The molecule has 2 heterocycles. The van der Waals surface area contributed by atoms with Crippen molar-refractivity contribution >= 4 is 39.5 Å². The Bertz CT molecular complexity index is 1210. The SMILES string of the molecule is CCc1nnc2sc(-c3cccc(NC(=O)COc4cc(C)c(Cl)c(C)c4)c3)nn12. The summed E-state index contributed by atoms with van der Waals surface area (Å²) in [6.07, 6.45) is 0.757. The van der Waals surface area contributed by atoms with E-state index in [0.29, 0.717) is 16.5 Å². The Morgan fingerprint density at radius 2 is 1.97 bits per heavy atom. The number of hydrogen-bond donors (Lipinski definition) is 1. The van der Waals surface area contributed by atoms with Crippen LogP contribution < -0.4 is 10.1 Å². The molecular formula is C21H20ClN5O2S. The number of amides is 1. The van der Waals surface area contributed by atoms with Crippen molar-refractivity contribution < 1.29 is 9.53 Å². The second kappa shape index (κ2) is 8.41. The van der Waals surface area contributed by atoms with Crippen molar-refractivity contribution in [3.05, 3.63) is 58.4 Å². The molecule has 0 saturated carbocycles. The number of nitrogens with zero attached hydrogens (tertiary/aromatic N) is 4. The average molecular weight is 442 g/mol. The molecule has 0 fully saturated rings. The third-order valence-corrected chi connectivity index (χ3v) is 6.09. The van der Waals surface area contributed by atoms with Crippen LogP contribution in [0.4, 0.5) is 5.69 Å². The fourth-order valence-electron chi connectivity index (χ4n) is 3.06. The van der Waals surface area contributed by atoms with Gasteiger partial charge in [-0.1, -0.05) is 42.0 Å². The molecule has 0 aliphatic carbocycles. The predicted octanol–water partition coefficient (Wildman–Crippen LogP) is 4.70. The molecule has 0 saturated heterocycles. The maximum atomic E-state index is 12.4. The quantitative estimate of drug-likeness (QED) is 0.469. The van der Waals surface area contributed by atoms with Crippen LogP contribution in [0.25, 0.3) is 15.5 Å². The van der Waals surface area contributed by atoms with Crippen LogP contribution in [0.5, 0.6) is 5.75 Å². The van der Waals surface area contributed by atoms with Gasteiger partial charge in [-0.2, -0.15) is 9.61 Å². The summed E-state index contributed by atoms with van der Waals surface area (Å²) in [4.78, 5) is 13.1. The molecule has 9 heteroatoms. The molecule has 1 amide bonds. The molecule has 0 spiro atoms. The Balaban J connectivity index is 1.44. The number of halogens is 1. The lowest BCUT2D eigenvalue weighted by Crippen LogP contribution is -2.20. The predicted molar refractivity (Wildman–Crippen MR) is 119 cm³/mol. The van der Waals surface area contributed by atoms with Crippen LogP contribution in [0.1, 0.15) is 23.9 Å². The third-order valence-electron chi connectivity index (χ3n) is 4.54. The van der Waals surface area contributed by atoms with Crippen molar-refractivity contribution in [3.8, 4) is 16.3 Å². The maximum absolute atomic E-state index is 12.4. The molecule has 1 N–H and O–H groups in total. The summed E-state index contributed by atoms with van der Waals surface area (Å²) >= 11 is 7.63. The van der Waals surface area contributed by atoms with E-state index in [4.69, 9.17) is 16.3 Å². The first-order valence-electron chi connectivity index (χ1n) is 9.45. The lowest BCUT2D eigenvalue weighted by molar-refractivity contribution is -0.118. The number of fused-ring (bicyclic) bond motifs is 1. The van der Waals surface area contributed by atoms with E-state index in [2.05, 4.69) is 20.6 Å². The van der Waals surface area contributed by atoms with Crippen molar-refractivity contribution in [1.29, 1.82) is 0 Å². The fraction of sp³-hybridized carbons (Fsp3) is 0.238. The molecule has 2 aromatic heterocycles. The Kier molecular flexibility index (Phi) is 5.69. The van der Waals surface area contributed by atoms with Gasteiger partial charge in [0.15, 0.2) is 12.4 Å². The fourth-order valence-corrected chi connectivity index (χ4v) is 4.02. The highest BCUT2D eigenvalue weighted by Crippen LogP contribution is 2.28. The van der Waals surface area contributed by atoms with E-state index in [9.17, 15) is 4.79 Å². The number of benzene rings is 2. The molecule has 0 aliphatic heterocycles. The first-order chi connectivity index (χ1) is 14.4. The number of rotatable bonds is 6. The zero-order valence-electron chi connectivity index (χ0n) is 16.8. The van der Waals surface area contributed by atoms with E-state index in [1.54, 1.807) is 4.52 Å². The number of carbonyl (C=O) groups excluding carboxylic acids is 1. The van der Waals surface area contributed by atoms with Gasteiger partial charge in [-0.05, 0) is 49.2 Å². The zero-order valence-corrected chi connectivity index (χ0v) is 18.3. The lowest BCUT2D eigenvalue weighted by atomic mass is 10.1. The highest BCUT2D eigenvalue weighted by molar-refractivity contribution is 7.19. The van der Waals surface area contributed by atoms with Gasteiger partial charge in [-0.15, -0.1) is 10.2 Å². The minimum atomic E-state index is -0.246. The van der Waals surface area contributed by atoms with Gasteiger partial charge >= 0.3 is 0 Å². The number of aryl methyl sites for hydroxylation is 3. The van der Waals surface area contributed by atoms with Gasteiger partial charge in [0.2, 0.25) is 4.96 Å². The summed E-state index contributed by atoms with van der Waals surface area (Å²) in [5.74, 6) is 1.19. The third kappa shape index (κ3) is 4.15. The first-order valence-corrected chi connectivity index (χ1v) is 10.6. The molecule has 30 heavy (non-hydrogen) atoms. The molecule has 0 radical (unpaired) electrons. The van der Waals surface area contributed by atoms with Crippen molar-refractivity contribution in [2.24, 2.45) is 0 Å². The van der Waals surface area contributed by atoms with Crippen LogP contribution in [-0.2, 0) is 11.2 Å². The molecule has 7 nitrogen and oxygen atoms in total. The van der Waals surface area contributed by atoms with Crippen LogP contribution in [0.15, 0.2) is 36.4 Å². The summed E-state index contributed by atoms with van der Waals surface area (Å²) in [7, 11) is 0. The van der Waals surface area contributed by atoms with Crippen molar-refractivity contribution in [1.82, 2.24) is 19.8 Å². The number of ether oxygens (including phenoxy) is 1. The number of carbonyl (C=O) groups is 1. The van der Waals surface area contributed by atoms with Gasteiger partial charge in [0.1, 0.15) is 10.8 Å². The number of hydrogen-bond acceptors (Lipinski definition) is 6. The highest BCUT2D eigenvalue weighted by atomic mass is 35.5. The Labute approximate surface area is 182 Å². The minimum Gasteiger partial charge on any atom is -0.484 e. The largest absolute Gasteiger partial charge is 0.484 e. The smallest absolute Gasteiger partial charge is 0.262 e. The molecule has 4 rings (SSSR count). The Morgan fingerprint density at radius 1 is 1.20 bits per heavy atom. The van der Waals surface area contributed by atoms with Gasteiger partial charge in [0.25, 0.3) is 5.91 Å². The van der Waals surface area contributed by atoms with Crippen LogP contribution in [0, 0.1) is 13.8 Å². The number of nitrogens with one attached hydrogen (secondary N) is 1. The van der Waals surface area contributed by atoms with Crippen molar-refractivity contribution in [2.45, 2.75) is 27.2 Å². The van der Waals surface area contributed by atoms with E-state index in [1.807, 2.05) is 57.2 Å². The molecule has 154 valence electrons. The van der Waals surface area contributed by atoms with E-state index in [1.165, 1.54) is 11.3 Å². The van der Waals surface area contributed by atoms with Gasteiger partial charge in [-0.25, -0.2) is 0 Å². The van der Waals surface area contributed by atoms with Gasteiger partial charge in [0.05, 0.1) is 0 Å². The minimum absolute atomic E-state index is 0.0959. The summed E-state index contributed by atoms with van der Waals surface area (Å²) in [5.41, 5.74) is 3.40. The molecule has 4 aromatic rings. The van der Waals surface area contributed by atoms with Crippen LogP contribution in [-0.4, -0.2) is 32.3 Å². The Morgan fingerprint density at radius 3 is 2.70 bits per heavy atom. The number of aromatic nitrogens is 4. The van der Waals surface area contributed by atoms with Gasteiger partial charge < -0.3 is 10.1 Å². The van der Waals surface area contributed by atoms with Crippen molar-refractivity contribution in [2.75, 3.05) is 11.9 Å². The summed E-state index contributed by atoms with van der Waals surface area (Å²) in [6, 6.07) is 11.2. The standard InChI is InChI=1S/C21H20ClN5O2S/c1-4-17-24-25-21-27(17)26-20(30-21)14-6-5-7-15(10-14)23-18(28)11-29-16-8-12(2)19(22)13(3)9-16/h5-10H,4,11H2,1-3H3,(H,23,28). The molecule has 0 bridgehead atoms. The molecule has 0 aliphatic rings.